The lowest BCUT2D eigenvalue weighted by Crippen LogP contribution is -2.17. The van der Waals surface area contributed by atoms with Crippen molar-refractivity contribution in [3.05, 3.63) is 42.0 Å². The summed E-state index contributed by atoms with van der Waals surface area (Å²) in [4.78, 5) is 4.20. The molecule has 0 saturated carbocycles. The van der Waals surface area contributed by atoms with Crippen LogP contribution in [-0.4, -0.2) is 16.7 Å². The predicted octanol–water partition coefficient (Wildman–Crippen LogP) is 2.80. The first-order valence-corrected chi connectivity index (χ1v) is 6.93. The molecule has 5 heteroatoms. The van der Waals surface area contributed by atoms with E-state index in [9.17, 15) is 5.26 Å². The highest BCUT2D eigenvalue weighted by atomic mass is 16.5. The van der Waals surface area contributed by atoms with Gasteiger partial charge in [-0.25, -0.2) is 4.98 Å². The van der Waals surface area contributed by atoms with E-state index in [1.54, 1.807) is 31.8 Å². The molecule has 1 heterocycles. The van der Waals surface area contributed by atoms with Gasteiger partial charge in [-0.1, -0.05) is 19.9 Å². The Kier molecular flexibility index (Phi) is 4.61. The predicted molar refractivity (Wildman–Crippen MR) is 81.2 cm³/mol. The minimum absolute atomic E-state index is 0.135. The molecular weight excluding hydrogens is 264 g/mol. The second-order valence-corrected chi connectivity index (χ2v) is 5.39. The van der Waals surface area contributed by atoms with Crippen LogP contribution < -0.4 is 10.5 Å². The van der Waals surface area contributed by atoms with Gasteiger partial charge in [0.25, 0.3) is 0 Å². The minimum Gasteiger partial charge on any atom is -0.495 e. The van der Waals surface area contributed by atoms with Crippen LogP contribution in [0.5, 0.6) is 5.75 Å². The smallest absolute Gasteiger partial charge is 0.144 e. The molecule has 1 atom stereocenters. The average Bonchev–Trinajstić information content (AvgIpc) is 2.94. The molecule has 1 unspecified atom stereocenters. The van der Waals surface area contributed by atoms with Gasteiger partial charge in [-0.2, -0.15) is 5.26 Å². The van der Waals surface area contributed by atoms with E-state index in [2.05, 4.69) is 24.9 Å². The Morgan fingerprint density at radius 1 is 1.43 bits per heavy atom. The van der Waals surface area contributed by atoms with Gasteiger partial charge in [0.15, 0.2) is 0 Å². The number of rotatable bonds is 5. The number of hydrogen-bond acceptors (Lipinski definition) is 4. The number of aromatic nitrogens is 2. The molecule has 0 bridgehead atoms. The first kappa shape index (κ1) is 15.1. The van der Waals surface area contributed by atoms with E-state index < -0.39 is 0 Å². The largest absolute Gasteiger partial charge is 0.495 e. The normalized spacial score (nSPS) is 12.2. The lowest BCUT2D eigenvalue weighted by Gasteiger charge is -2.18. The summed E-state index contributed by atoms with van der Waals surface area (Å²) in [5.74, 6) is 1.11. The molecule has 0 saturated heterocycles. The van der Waals surface area contributed by atoms with E-state index in [4.69, 9.17) is 10.5 Å². The molecule has 21 heavy (non-hydrogen) atoms. The standard InChI is InChI=1S/C16H20N4O/c1-11(2)7-13(18)14-9-19-10-20(14)16-12(8-17)5-4-6-15(16)21-3/h4-6,9-11,13H,7,18H2,1-3H3. The van der Waals surface area contributed by atoms with Crippen LogP contribution in [0, 0.1) is 17.2 Å². The van der Waals surface area contributed by atoms with E-state index in [1.807, 2.05) is 10.6 Å². The van der Waals surface area contributed by atoms with Gasteiger partial charge in [-0.15, -0.1) is 0 Å². The Bertz CT molecular complexity index is 655. The number of methoxy groups -OCH3 is 1. The second-order valence-electron chi connectivity index (χ2n) is 5.39. The van der Waals surface area contributed by atoms with Gasteiger partial charge in [0.2, 0.25) is 0 Å². The van der Waals surface area contributed by atoms with Crippen molar-refractivity contribution in [2.24, 2.45) is 11.7 Å². The SMILES string of the molecule is COc1cccc(C#N)c1-n1cncc1C(N)CC(C)C. The number of nitrogens with zero attached hydrogens (tertiary/aromatic N) is 3. The number of imidazole rings is 1. The summed E-state index contributed by atoms with van der Waals surface area (Å²) in [5, 5.41) is 9.34. The molecule has 2 aromatic rings. The third kappa shape index (κ3) is 3.06. The summed E-state index contributed by atoms with van der Waals surface area (Å²) in [6, 6.07) is 7.44. The van der Waals surface area contributed by atoms with Gasteiger partial charge in [0.1, 0.15) is 17.5 Å². The number of nitriles is 1. The Morgan fingerprint density at radius 3 is 2.81 bits per heavy atom. The fourth-order valence-electron chi connectivity index (χ4n) is 2.42. The van der Waals surface area contributed by atoms with Crippen molar-refractivity contribution in [2.75, 3.05) is 7.11 Å². The van der Waals surface area contributed by atoms with Gasteiger partial charge in [0.05, 0.1) is 30.9 Å². The molecule has 5 nitrogen and oxygen atoms in total. The van der Waals surface area contributed by atoms with Crippen molar-refractivity contribution in [3.8, 4) is 17.5 Å². The van der Waals surface area contributed by atoms with Crippen LogP contribution in [0.1, 0.15) is 37.6 Å². The molecule has 0 aliphatic rings. The Balaban J connectivity index is 2.54. The molecule has 0 radical (unpaired) electrons. The maximum absolute atomic E-state index is 9.34. The second kappa shape index (κ2) is 6.42. The highest BCUT2D eigenvalue weighted by Gasteiger charge is 2.18. The van der Waals surface area contributed by atoms with Crippen LogP contribution in [-0.2, 0) is 0 Å². The number of benzene rings is 1. The number of hydrogen-bond donors (Lipinski definition) is 1. The molecule has 0 aliphatic heterocycles. The molecule has 2 N–H and O–H groups in total. The number of para-hydroxylation sites is 1. The molecule has 2 rings (SSSR count). The van der Waals surface area contributed by atoms with Crippen molar-refractivity contribution in [2.45, 2.75) is 26.3 Å². The van der Waals surface area contributed by atoms with Gasteiger partial charge in [-0.3, -0.25) is 4.57 Å². The van der Waals surface area contributed by atoms with Crippen LogP contribution in [0.15, 0.2) is 30.7 Å². The minimum atomic E-state index is -0.135. The molecule has 1 aromatic heterocycles. The molecule has 110 valence electrons. The Hall–Kier alpha value is -2.32. The molecule has 1 aromatic carbocycles. The van der Waals surface area contributed by atoms with Crippen molar-refractivity contribution in [1.82, 2.24) is 9.55 Å². The first-order chi connectivity index (χ1) is 10.1. The Labute approximate surface area is 125 Å². The third-order valence-corrected chi connectivity index (χ3v) is 3.35. The van der Waals surface area contributed by atoms with E-state index in [1.165, 1.54) is 0 Å². The van der Waals surface area contributed by atoms with Crippen molar-refractivity contribution < 1.29 is 4.74 Å². The maximum Gasteiger partial charge on any atom is 0.144 e. The monoisotopic (exact) mass is 284 g/mol. The molecule has 0 spiro atoms. The number of ether oxygens (including phenoxy) is 1. The summed E-state index contributed by atoms with van der Waals surface area (Å²) >= 11 is 0. The highest BCUT2D eigenvalue weighted by Crippen LogP contribution is 2.30. The van der Waals surface area contributed by atoms with Crippen molar-refractivity contribution in [3.63, 3.8) is 0 Å². The first-order valence-electron chi connectivity index (χ1n) is 6.93. The van der Waals surface area contributed by atoms with E-state index in [-0.39, 0.29) is 6.04 Å². The molecule has 0 aliphatic carbocycles. The fourth-order valence-corrected chi connectivity index (χ4v) is 2.42. The summed E-state index contributed by atoms with van der Waals surface area (Å²) in [6.07, 6.45) is 4.28. The summed E-state index contributed by atoms with van der Waals surface area (Å²) < 4.78 is 7.24. The third-order valence-electron chi connectivity index (χ3n) is 3.35. The Morgan fingerprint density at radius 2 is 2.19 bits per heavy atom. The molecule has 0 amide bonds. The van der Waals surface area contributed by atoms with Gasteiger partial charge in [0, 0.05) is 6.04 Å². The fraction of sp³-hybridized carbons (Fsp3) is 0.375. The zero-order chi connectivity index (χ0) is 15.4. The van der Waals surface area contributed by atoms with Crippen LogP contribution in [0.3, 0.4) is 0 Å². The van der Waals surface area contributed by atoms with E-state index in [0.717, 1.165) is 12.1 Å². The topological polar surface area (TPSA) is 76.9 Å². The molecule has 0 fully saturated rings. The van der Waals surface area contributed by atoms with Crippen LogP contribution in [0.25, 0.3) is 5.69 Å². The van der Waals surface area contributed by atoms with Crippen LogP contribution in [0.2, 0.25) is 0 Å². The van der Waals surface area contributed by atoms with E-state index in [0.29, 0.717) is 22.9 Å². The lowest BCUT2D eigenvalue weighted by atomic mass is 10.0. The highest BCUT2D eigenvalue weighted by molar-refractivity contribution is 5.58. The van der Waals surface area contributed by atoms with E-state index >= 15 is 0 Å². The average molecular weight is 284 g/mol. The van der Waals surface area contributed by atoms with Gasteiger partial charge < -0.3 is 10.5 Å². The van der Waals surface area contributed by atoms with Crippen LogP contribution in [0.4, 0.5) is 0 Å². The summed E-state index contributed by atoms with van der Waals surface area (Å²) in [5.41, 5.74) is 8.38. The summed E-state index contributed by atoms with van der Waals surface area (Å²) in [7, 11) is 1.59. The maximum atomic E-state index is 9.34. The van der Waals surface area contributed by atoms with Crippen LogP contribution >= 0.6 is 0 Å². The van der Waals surface area contributed by atoms with Crippen molar-refractivity contribution >= 4 is 0 Å². The number of nitrogens with two attached hydrogens (primary N) is 1. The zero-order valence-electron chi connectivity index (χ0n) is 12.6. The molecular formula is C16H20N4O. The summed E-state index contributed by atoms with van der Waals surface area (Å²) in [6.45, 7) is 4.26. The zero-order valence-corrected chi connectivity index (χ0v) is 12.6. The van der Waals surface area contributed by atoms with Gasteiger partial charge in [-0.05, 0) is 24.5 Å². The quantitative estimate of drug-likeness (QED) is 0.915. The van der Waals surface area contributed by atoms with Gasteiger partial charge >= 0.3 is 0 Å². The van der Waals surface area contributed by atoms with Crippen molar-refractivity contribution in [1.29, 1.82) is 5.26 Å². The lowest BCUT2D eigenvalue weighted by molar-refractivity contribution is 0.411.